The number of aliphatic hydroxyl groups is 2. The van der Waals surface area contributed by atoms with E-state index in [9.17, 15) is 4.79 Å². The van der Waals surface area contributed by atoms with E-state index in [0.29, 0.717) is 6.42 Å². The summed E-state index contributed by atoms with van der Waals surface area (Å²) in [5.74, 6) is -0.981. The van der Waals surface area contributed by atoms with Crippen molar-refractivity contribution in [3.05, 3.63) is 12.7 Å². The van der Waals surface area contributed by atoms with E-state index in [1.165, 1.54) is 0 Å². The first-order valence-corrected chi connectivity index (χ1v) is 3.26. The molecule has 5 heteroatoms. The van der Waals surface area contributed by atoms with Crippen molar-refractivity contribution in [2.75, 3.05) is 0 Å². The zero-order valence-electron chi connectivity index (χ0n) is 7.23. The fourth-order valence-electron chi connectivity index (χ4n) is 0.258. The number of carboxylic acid groups (broad SMARTS) is 1. The van der Waals surface area contributed by atoms with E-state index in [1.807, 2.05) is 6.92 Å². The number of aliphatic hydroxyl groups excluding tert-OH is 1. The number of rotatable bonds is 3. The van der Waals surface area contributed by atoms with E-state index < -0.39 is 12.3 Å². The number of aliphatic carboxylic acids is 1. The summed E-state index contributed by atoms with van der Waals surface area (Å²) < 4.78 is 0. The molecule has 0 bridgehead atoms. The molecule has 0 saturated carbocycles. The van der Waals surface area contributed by atoms with Crippen LogP contribution in [-0.4, -0.2) is 27.6 Å². The summed E-state index contributed by atoms with van der Waals surface area (Å²) in [4.78, 5) is 9.25. The Morgan fingerprint density at radius 1 is 1.58 bits per heavy atom. The summed E-state index contributed by atoms with van der Waals surface area (Å²) in [7, 11) is 0. The van der Waals surface area contributed by atoms with Crippen LogP contribution in [0.3, 0.4) is 0 Å². The molecule has 0 aromatic heterocycles. The van der Waals surface area contributed by atoms with Gasteiger partial charge in [-0.25, -0.2) is 4.79 Å². The average molecular weight is 363 g/mol. The number of hydrogen-bond donors (Lipinski definition) is 3. The topological polar surface area (TPSA) is 77.8 Å². The fourth-order valence-corrected chi connectivity index (χ4v) is 0.258. The van der Waals surface area contributed by atoms with Gasteiger partial charge < -0.3 is 15.3 Å². The molecule has 3 N–H and O–H groups in total. The minimum Gasteiger partial charge on any atom is -0.478 e. The molecule has 0 atom stereocenters. The van der Waals surface area contributed by atoms with Gasteiger partial charge in [-0.15, -0.1) is 0 Å². The number of hydrogen-bond acceptors (Lipinski definition) is 3. The summed E-state index contributed by atoms with van der Waals surface area (Å²) in [5, 5.41) is 23.8. The molecule has 0 spiro atoms. The molecule has 0 aliphatic rings. The second-order valence-electron chi connectivity index (χ2n) is 1.81. The van der Waals surface area contributed by atoms with Crippen LogP contribution in [0.25, 0.3) is 0 Å². The van der Waals surface area contributed by atoms with Crippen LogP contribution in [0.2, 0.25) is 0 Å². The second-order valence-corrected chi connectivity index (χ2v) is 1.81. The smallest absolute Gasteiger partial charge is 0.327 e. The Bertz CT molecular complexity index is 114. The van der Waals surface area contributed by atoms with Crippen LogP contribution in [-0.2, 0) is 32.5 Å². The van der Waals surface area contributed by atoms with E-state index in [2.05, 4.69) is 6.58 Å². The predicted molar refractivity (Wildman–Crippen MR) is 41.0 cm³/mol. The molecule has 68 valence electrons. The summed E-state index contributed by atoms with van der Waals surface area (Å²) in [6, 6.07) is 0. The molecule has 0 saturated heterocycles. The van der Waals surface area contributed by atoms with Crippen molar-refractivity contribution < 1.29 is 47.8 Å². The standard InChI is InChI=1S/C4H10O2.C3H4O2.Hg/c1-2-3-4(5)6;1-2-3(4)5;/h4-6H,2-3H2,1H3;2H,1H2,(H,4,5);. The van der Waals surface area contributed by atoms with Gasteiger partial charge in [-0.05, 0) is 6.42 Å². The molecular formula is C7H14HgO4. The van der Waals surface area contributed by atoms with E-state index in [1.54, 1.807) is 0 Å². The molecule has 0 aromatic carbocycles. The van der Waals surface area contributed by atoms with Crippen molar-refractivity contribution in [2.24, 2.45) is 0 Å². The van der Waals surface area contributed by atoms with Gasteiger partial charge in [-0.1, -0.05) is 19.9 Å². The largest absolute Gasteiger partial charge is 0.478 e. The zero-order chi connectivity index (χ0) is 9.28. The zero-order valence-corrected chi connectivity index (χ0v) is 12.7. The van der Waals surface area contributed by atoms with Gasteiger partial charge in [0.05, 0.1) is 0 Å². The Hall–Kier alpha value is 0.0651. The summed E-state index contributed by atoms with van der Waals surface area (Å²) in [5.41, 5.74) is 0. The third-order valence-electron chi connectivity index (χ3n) is 0.721. The van der Waals surface area contributed by atoms with Crippen molar-refractivity contribution >= 4 is 5.97 Å². The maximum absolute atomic E-state index is 9.25. The maximum Gasteiger partial charge on any atom is 0.327 e. The second kappa shape index (κ2) is 13.6. The van der Waals surface area contributed by atoms with Crippen molar-refractivity contribution in [2.45, 2.75) is 26.1 Å². The van der Waals surface area contributed by atoms with Crippen LogP contribution < -0.4 is 0 Å². The van der Waals surface area contributed by atoms with Crippen LogP contribution in [0.15, 0.2) is 12.7 Å². The quantitative estimate of drug-likeness (QED) is 0.385. The third-order valence-corrected chi connectivity index (χ3v) is 0.721. The number of carboxylic acids is 1. The van der Waals surface area contributed by atoms with E-state index in [4.69, 9.17) is 15.3 Å². The van der Waals surface area contributed by atoms with Crippen LogP contribution in [0.1, 0.15) is 19.8 Å². The molecule has 0 heterocycles. The maximum atomic E-state index is 9.25. The molecule has 4 nitrogen and oxygen atoms in total. The molecule has 0 rings (SSSR count). The van der Waals surface area contributed by atoms with Gasteiger partial charge in [-0.3, -0.25) is 0 Å². The Morgan fingerprint density at radius 3 is 1.92 bits per heavy atom. The first-order chi connectivity index (χ1) is 5.04. The predicted octanol–water partition coefficient (Wildman–Crippen LogP) is 0.352. The Morgan fingerprint density at radius 2 is 1.92 bits per heavy atom. The first kappa shape index (κ1) is 18.0. The summed E-state index contributed by atoms with van der Waals surface area (Å²) in [6.07, 6.45) is 1.05. The van der Waals surface area contributed by atoms with Crippen molar-refractivity contribution in [1.82, 2.24) is 0 Å². The molecule has 0 aliphatic carbocycles. The van der Waals surface area contributed by atoms with Crippen LogP contribution >= 0.6 is 0 Å². The molecule has 0 amide bonds. The Labute approximate surface area is 92.4 Å². The first-order valence-electron chi connectivity index (χ1n) is 3.26. The third kappa shape index (κ3) is 32.2. The van der Waals surface area contributed by atoms with E-state index in [-0.39, 0.29) is 27.7 Å². The minimum absolute atomic E-state index is 0. The van der Waals surface area contributed by atoms with Crippen LogP contribution in [0.5, 0.6) is 0 Å². The minimum atomic E-state index is -1.10. The Kier molecular flexibility index (Phi) is 20.4. The van der Waals surface area contributed by atoms with Gasteiger partial charge in [0.1, 0.15) is 0 Å². The van der Waals surface area contributed by atoms with Crippen molar-refractivity contribution in [3.63, 3.8) is 0 Å². The molecule has 0 unspecified atom stereocenters. The normalized spacial score (nSPS) is 7.67. The van der Waals surface area contributed by atoms with Crippen molar-refractivity contribution in [3.8, 4) is 0 Å². The van der Waals surface area contributed by atoms with Gasteiger partial charge in [0.2, 0.25) is 0 Å². The monoisotopic (exact) mass is 364 g/mol. The summed E-state index contributed by atoms with van der Waals surface area (Å²) in [6.45, 7) is 4.86. The van der Waals surface area contributed by atoms with E-state index in [0.717, 1.165) is 12.5 Å². The fraction of sp³-hybridized carbons (Fsp3) is 0.571. The van der Waals surface area contributed by atoms with Gasteiger partial charge >= 0.3 is 5.97 Å². The molecule has 0 aliphatic heterocycles. The van der Waals surface area contributed by atoms with Gasteiger partial charge in [-0.2, -0.15) is 0 Å². The van der Waals surface area contributed by atoms with Gasteiger partial charge in [0.25, 0.3) is 0 Å². The van der Waals surface area contributed by atoms with Crippen LogP contribution in [0.4, 0.5) is 0 Å². The van der Waals surface area contributed by atoms with Crippen molar-refractivity contribution in [1.29, 1.82) is 0 Å². The molecular weight excluding hydrogens is 349 g/mol. The van der Waals surface area contributed by atoms with Gasteiger partial charge in [0.15, 0.2) is 6.29 Å². The van der Waals surface area contributed by atoms with E-state index >= 15 is 0 Å². The van der Waals surface area contributed by atoms with Gasteiger partial charge in [0, 0.05) is 33.7 Å². The molecule has 0 fully saturated rings. The molecule has 0 radical (unpaired) electrons. The SMILES string of the molecule is C=CC(=O)O.CCCC(O)O.[Hg]. The average Bonchev–Trinajstić information content (AvgIpc) is 1.89. The Balaban J connectivity index is -0.000000126. The summed E-state index contributed by atoms with van der Waals surface area (Å²) >= 11 is 0. The number of carbonyl (C=O) groups is 1. The molecule has 12 heavy (non-hydrogen) atoms. The van der Waals surface area contributed by atoms with Crippen LogP contribution in [0, 0.1) is 0 Å². The molecule has 0 aromatic rings.